The van der Waals surface area contributed by atoms with Crippen molar-refractivity contribution < 1.29 is 0 Å². The molecule has 2 aromatic rings. The van der Waals surface area contributed by atoms with Crippen LogP contribution in [-0.4, -0.2) is 22.1 Å². The quantitative estimate of drug-likeness (QED) is 0.837. The van der Waals surface area contributed by atoms with Gasteiger partial charge in [-0.3, -0.25) is 0 Å². The largest absolute Gasteiger partial charge is 0.329 e. The molecule has 2 atom stereocenters. The molecule has 0 aliphatic heterocycles. The molecule has 0 aliphatic carbocycles. The summed E-state index contributed by atoms with van der Waals surface area (Å²) < 4.78 is 2.27. The Bertz CT molecular complexity index is 475. The third kappa shape index (κ3) is 3.45. The molecule has 0 aliphatic rings. The van der Waals surface area contributed by atoms with E-state index in [0.717, 1.165) is 18.9 Å². The summed E-state index contributed by atoms with van der Waals surface area (Å²) in [5.41, 5.74) is 0. The van der Waals surface area contributed by atoms with E-state index in [4.69, 9.17) is 0 Å². The van der Waals surface area contributed by atoms with Crippen LogP contribution in [0.15, 0.2) is 29.9 Å². The van der Waals surface area contributed by atoms with Crippen LogP contribution in [0.3, 0.4) is 0 Å². The van der Waals surface area contributed by atoms with Gasteiger partial charge in [-0.25, -0.2) is 4.98 Å². The van der Waals surface area contributed by atoms with E-state index in [0.29, 0.717) is 12.0 Å². The first kappa shape index (κ1) is 14.3. The molecule has 4 heteroatoms. The van der Waals surface area contributed by atoms with Crippen molar-refractivity contribution in [2.75, 3.05) is 6.54 Å². The second-order valence-corrected chi connectivity index (χ2v) is 5.88. The lowest BCUT2D eigenvalue weighted by atomic mass is 9.99. The Morgan fingerprint density at radius 3 is 2.89 bits per heavy atom. The van der Waals surface area contributed by atoms with E-state index < -0.39 is 0 Å². The smallest absolute Gasteiger partial charge is 0.150 e. The van der Waals surface area contributed by atoms with E-state index in [2.05, 4.69) is 59.3 Å². The van der Waals surface area contributed by atoms with E-state index in [1.165, 1.54) is 11.3 Å². The number of imidazole rings is 1. The van der Waals surface area contributed by atoms with Gasteiger partial charge in [-0.1, -0.05) is 33.3 Å². The second-order valence-electron chi connectivity index (χ2n) is 4.93. The zero-order valence-corrected chi connectivity index (χ0v) is 12.8. The van der Waals surface area contributed by atoms with Gasteiger partial charge in [0, 0.05) is 25.0 Å². The number of hydrogen-bond acceptors (Lipinski definition) is 3. The van der Waals surface area contributed by atoms with Gasteiger partial charge in [0.05, 0.1) is 4.88 Å². The van der Waals surface area contributed by atoms with Gasteiger partial charge >= 0.3 is 0 Å². The fraction of sp³-hybridized carbons (Fsp3) is 0.533. The molecule has 3 nitrogen and oxygen atoms in total. The molecule has 104 valence electrons. The molecule has 1 N–H and O–H groups in total. The molecule has 0 saturated carbocycles. The molecule has 0 saturated heterocycles. The third-order valence-electron chi connectivity index (χ3n) is 3.65. The van der Waals surface area contributed by atoms with E-state index in [1.54, 1.807) is 11.3 Å². The summed E-state index contributed by atoms with van der Waals surface area (Å²) in [5.74, 6) is 1.75. The normalized spacial score (nSPS) is 14.5. The molecule has 0 radical (unpaired) electrons. The first-order chi connectivity index (χ1) is 9.26. The highest BCUT2D eigenvalue weighted by atomic mass is 32.1. The fourth-order valence-corrected chi connectivity index (χ4v) is 3.03. The van der Waals surface area contributed by atoms with Crippen molar-refractivity contribution in [2.24, 2.45) is 5.92 Å². The molecule has 2 rings (SSSR count). The van der Waals surface area contributed by atoms with Crippen LogP contribution in [0.5, 0.6) is 0 Å². The van der Waals surface area contributed by atoms with Crippen LogP contribution in [0.25, 0.3) is 10.7 Å². The van der Waals surface area contributed by atoms with Crippen molar-refractivity contribution in [3.05, 3.63) is 29.9 Å². The van der Waals surface area contributed by atoms with Crippen LogP contribution in [0.2, 0.25) is 0 Å². The maximum absolute atomic E-state index is 4.50. The molecule has 0 amide bonds. The summed E-state index contributed by atoms with van der Waals surface area (Å²) in [5, 5.41) is 5.70. The molecule has 0 spiro atoms. The molecule has 0 aromatic carbocycles. The number of nitrogens with one attached hydrogen (secondary N) is 1. The maximum Gasteiger partial charge on any atom is 0.150 e. The van der Waals surface area contributed by atoms with Crippen LogP contribution in [0.4, 0.5) is 0 Å². The average Bonchev–Trinajstić information content (AvgIpc) is 3.07. The minimum atomic E-state index is 0.503. The number of thiophene rings is 1. The minimum Gasteiger partial charge on any atom is -0.329 e. The standard InChI is InChI=1S/C15H23N3S/c1-4-12(3)13(16-5-2)11-18-9-8-17-15(18)14-7-6-10-19-14/h6-10,12-13,16H,4-5,11H2,1-3H3. The molecule has 0 bridgehead atoms. The molecular formula is C15H23N3S. The summed E-state index contributed by atoms with van der Waals surface area (Å²) in [6, 6.07) is 4.72. The number of aromatic nitrogens is 2. The van der Waals surface area contributed by atoms with Gasteiger partial charge in [0.2, 0.25) is 0 Å². The van der Waals surface area contributed by atoms with Crippen molar-refractivity contribution in [1.82, 2.24) is 14.9 Å². The average molecular weight is 277 g/mol. The highest BCUT2D eigenvalue weighted by molar-refractivity contribution is 7.13. The third-order valence-corrected chi connectivity index (χ3v) is 4.51. The molecular weight excluding hydrogens is 254 g/mol. The Morgan fingerprint density at radius 2 is 2.26 bits per heavy atom. The Hall–Kier alpha value is -1.13. The summed E-state index contributed by atoms with van der Waals surface area (Å²) in [6.07, 6.45) is 5.18. The number of nitrogens with zero attached hydrogens (tertiary/aromatic N) is 2. The molecule has 0 fully saturated rings. The topological polar surface area (TPSA) is 29.9 Å². The lowest BCUT2D eigenvalue weighted by Crippen LogP contribution is -2.38. The summed E-state index contributed by atoms with van der Waals surface area (Å²) >= 11 is 1.75. The predicted molar refractivity (Wildman–Crippen MR) is 82.5 cm³/mol. The van der Waals surface area contributed by atoms with Crippen LogP contribution in [-0.2, 0) is 6.54 Å². The van der Waals surface area contributed by atoms with E-state index >= 15 is 0 Å². The lowest BCUT2D eigenvalue weighted by molar-refractivity contribution is 0.336. The van der Waals surface area contributed by atoms with Crippen molar-refractivity contribution in [1.29, 1.82) is 0 Å². The van der Waals surface area contributed by atoms with Crippen LogP contribution in [0, 0.1) is 5.92 Å². The van der Waals surface area contributed by atoms with Gasteiger partial charge in [0.1, 0.15) is 5.82 Å². The zero-order chi connectivity index (χ0) is 13.7. The highest BCUT2D eigenvalue weighted by Gasteiger charge is 2.17. The monoisotopic (exact) mass is 277 g/mol. The fourth-order valence-electron chi connectivity index (χ4n) is 2.29. The zero-order valence-electron chi connectivity index (χ0n) is 12.0. The van der Waals surface area contributed by atoms with E-state index in [9.17, 15) is 0 Å². The van der Waals surface area contributed by atoms with Gasteiger partial charge in [-0.2, -0.15) is 0 Å². The number of hydrogen-bond donors (Lipinski definition) is 1. The molecule has 2 aromatic heterocycles. The summed E-state index contributed by atoms with van der Waals surface area (Å²) in [6.45, 7) is 8.73. The lowest BCUT2D eigenvalue weighted by Gasteiger charge is -2.25. The molecule has 19 heavy (non-hydrogen) atoms. The van der Waals surface area contributed by atoms with Crippen LogP contribution < -0.4 is 5.32 Å². The van der Waals surface area contributed by atoms with Gasteiger partial charge in [-0.15, -0.1) is 11.3 Å². The van der Waals surface area contributed by atoms with E-state index in [-0.39, 0.29) is 0 Å². The minimum absolute atomic E-state index is 0.503. The molecule has 2 heterocycles. The van der Waals surface area contributed by atoms with Crippen molar-refractivity contribution in [2.45, 2.75) is 39.8 Å². The van der Waals surface area contributed by atoms with Crippen LogP contribution in [0.1, 0.15) is 27.2 Å². The van der Waals surface area contributed by atoms with Crippen LogP contribution >= 0.6 is 11.3 Å². The SMILES string of the molecule is CCNC(Cn1ccnc1-c1cccs1)C(C)CC. The first-order valence-corrected chi connectivity index (χ1v) is 7.92. The Labute approximate surface area is 119 Å². The van der Waals surface area contributed by atoms with Crippen molar-refractivity contribution in [3.63, 3.8) is 0 Å². The number of rotatable bonds is 7. The molecule has 2 unspecified atom stereocenters. The van der Waals surface area contributed by atoms with E-state index in [1.807, 2.05) is 6.20 Å². The Kier molecular flexibility index (Phi) is 5.16. The number of likely N-dealkylation sites (N-methyl/N-ethyl adjacent to an activating group) is 1. The summed E-state index contributed by atoms with van der Waals surface area (Å²) in [4.78, 5) is 5.74. The predicted octanol–water partition coefficient (Wildman–Crippen LogP) is 3.64. The van der Waals surface area contributed by atoms with Crippen molar-refractivity contribution >= 4 is 11.3 Å². The first-order valence-electron chi connectivity index (χ1n) is 7.04. The van der Waals surface area contributed by atoms with Crippen molar-refractivity contribution in [3.8, 4) is 10.7 Å². The van der Waals surface area contributed by atoms with Gasteiger partial charge in [-0.05, 0) is 23.9 Å². The Morgan fingerprint density at radius 1 is 1.42 bits per heavy atom. The van der Waals surface area contributed by atoms with Gasteiger partial charge in [0.25, 0.3) is 0 Å². The highest BCUT2D eigenvalue weighted by Crippen LogP contribution is 2.23. The summed E-state index contributed by atoms with van der Waals surface area (Å²) in [7, 11) is 0. The van der Waals surface area contributed by atoms with Gasteiger partial charge in [0.15, 0.2) is 0 Å². The van der Waals surface area contributed by atoms with Gasteiger partial charge < -0.3 is 9.88 Å². The maximum atomic E-state index is 4.50. The second kappa shape index (κ2) is 6.87. The Balaban J connectivity index is 2.16.